The van der Waals surface area contributed by atoms with Crippen LogP contribution in [0.4, 0.5) is 10.5 Å². The number of hydrogen-bond acceptors (Lipinski definition) is 3. The van der Waals surface area contributed by atoms with Crippen LogP contribution in [0.1, 0.15) is 17.2 Å². The number of nitrogens with one attached hydrogen (secondary N) is 2. The zero-order chi connectivity index (χ0) is 17.5. The minimum atomic E-state index is -0.190. The van der Waals surface area contributed by atoms with Crippen molar-refractivity contribution in [2.75, 3.05) is 38.2 Å². The number of ether oxygens (including phenoxy) is 1. The topological polar surface area (TPSA) is 53.6 Å². The predicted octanol–water partition coefficient (Wildman–Crippen LogP) is 3.19. The molecule has 25 heavy (non-hydrogen) atoms. The Bertz CT molecular complexity index is 667. The lowest BCUT2D eigenvalue weighted by Crippen LogP contribution is -2.44. The highest BCUT2D eigenvalue weighted by atomic mass is 16.5. The van der Waals surface area contributed by atoms with Crippen molar-refractivity contribution in [2.24, 2.45) is 0 Å². The van der Waals surface area contributed by atoms with Crippen LogP contribution in [-0.2, 0) is 4.74 Å². The second-order valence-corrected chi connectivity index (χ2v) is 6.34. The second-order valence-electron chi connectivity index (χ2n) is 6.34. The summed E-state index contributed by atoms with van der Waals surface area (Å²) in [6, 6.07) is 17.6. The van der Waals surface area contributed by atoms with Crippen molar-refractivity contribution in [2.45, 2.75) is 13.0 Å². The van der Waals surface area contributed by atoms with Crippen molar-refractivity contribution in [3.8, 4) is 0 Å². The van der Waals surface area contributed by atoms with E-state index in [1.165, 1.54) is 5.56 Å². The summed E-state index contributed by atoms with van der Waals surface area (Å²) in [6.45, 7) is 6.12. The molecule has 0 spiro atoms. The van der Waals surface area contributed by atoms with E-state index in [1.807, 2.05) is 30.3 Å². The zero-order valence-corrected chi connectivity index (χ0v) is 14.6. The molecule has 5 nitrogen and oxygen atoms in total. The van der Waals surface area contributed by atoms with Gasteiger partial charge in [0.05, 0.1) is 19.3 Å². The van der Waals surface area contributed by atoms with Crippen molar-refractivity contribution in [3.63, 3.8) is 0 Å². The normalized spacial score (nSPS) is 16.2. The molecule has 132 valence electrons. The molecule has 0 bridgehead atoms. The summed E-state index contributed by atoms with van der Waals surface area (Å²) in [6.07, 6.45) is 0. The second kappa shape index (κ2) is 8.65. The fourth-order valence-electron chi connectivity index (χ4n) is 2.92. The Labute approximate surface area is 149 Å². The molecule has 1 unspecified atom stereocenters. The van der Waals surface area contributed by atoms with Crippen LogP contribution in [0.3, 0.4) is 0 Å². The summed E-state index contributed by atoms with van der Waals surface area (Å²) >= 11 is 0. The standard InChI is InChI=1S/C20H25N3O2/c1-16-7-9-17(10-8-16)19(15-23-11-13-25-14-12-23)22-20(24)21-18-5-3-2-4-6-18/h2-10,19H,11-15H2,1H3,(H2,21,22,24). The number of benzene rings is 2. The first kappa shape index (κ1) is 17.5. The molecule has 0 aromatic heterocycles. The minimum absolute atomic E-state index is 0.0672. The first-order valence-electron chi connectivity index (χ1n) is 8.70. The van der Waals surface area contributed by atoms with Crippen LogP contribution in [0.15, 0.2) is 54.6 Å². The molecule has 3 rings (SSSR count). The molecule has 2 N–H and O–H groups in total. The average Bonchev–Trinajstić information content (AvgIpc) is 2.63. The van der Waals surface area contributed by atoms with E-state index in [-0.39, 0.29) is 12.1 Å². The third-order valence-corrected chi connectivity index (χ3v) is 4.36. The number of aryl methyl sites for hydroxylation is 1. The number of amides is 2. The quantitative estimate of drug-likeness (QED) is 0.880. The van der Waals surface area contributed by atoms with Gasteiger partial charge >= 0.3 is 6.03 Å². The van der Waals surface area contributed by atoms with Crippen LogP contribution >= 0.6 is 0 Å². The SMILES string of the molecule is Cc1ccc(C(CN2CCOCC2)NC(=O)Nc2ccccc2)cc1. The Morgan fingerprint density at radius 2 is 1.76 bits per heavy atom. The van der Waals surface area contributed by atoms with Crippen molar-refractivity contribution in [1.82, 2.24) is 10.2 Å². The molecule has 2 aromatic carbocycles. The Balaban J connectivity index is 1.68. The summed E-state index contributed by atoms with van der Waals surface area (Å²) in [7, 11) is 0. The lowest BCUT2D eigenvalue weighted by molar-refractivity contribution is 0.0340. The average molecular weight is 339 g/mol. The highest BCUT2D eigenvalue weighted by Gasteiger charge is 2.20. The Kier molecular flexibility index (Phi) is 6.04. The van der Waals surface area contributed by atoms with E-state index >= 15 is 0 Å². The largest absolute Gasteiger partial charge is 0.379 e. The Hall–Kier alpha value is -2.37. The van der Waals surface area contributed by atoms with Gasteiger partial charge in [-0.15, -0.1) is 0 Å². The van der Waals surface area contributed by atoms with Gasteiger partial charge in [-0.3, -0.25) is 4.90 Å². The molecule has 1 fully saturated rings. The minimum Gasteiger partial charge on any atom is -0.379 e. The lowest BCUT2D eigenvalue weighted by Gasteiger charge is -2.31. The Morgan fingerprint density at radius 3 is 2.44 bits per heavy atom. The first-order valence-corrected chi connectivity index (χ1v) is 8.70. The zero-order valence-electron chi connectivity index (χ0n) is 14.6. The van der Waals surface area contributed by atoms with Crippen molar-refractivity contribution in [1.29, 1.82) is 0 Å². The number of carbonyl (C=O) groups is 1. The van der Waals surface area contributed by atoms with E-state index in [0.717, 1.165) is 44.1 Å². The molecule has 1 heterocycles. The van der Waals surface area contributed by atoms with Gasteiger partial charge in [0, 0.05) is 25.3 Å². The van der Waals surface area contributed by atoms with E-state index in [4.69, 9.17) is 4.74 Å². The monoisotopic (exact) mass is 339 g/mol. The van der Waals surface area contributed by atoms with E-state index in [0.29, 0.717) is 0 Å². The van der Waals surface area contributed by atoms with Gasteiger partial charge in [0.2, 0.25) is 0 Å². The maximum atomic E-state index is 12.4. The third-order valence-electron chi connectivity index (χ3n) is 4.36. The molecular formula is C20H25N3O2. The molecule has 0 aliphatic carbocycles. The first-order chi connectivity index (χ1) is 12.2. The Morgan fingerprint density at radius 1 is 1.08 bits per heavy atom. The number of morpholine rings is 1. The number of carbonyl (C=O) groups excluding carboxylic acids is 1. The van der Waals surface area contributed by atoms with E-state index in [2.05, 4.69) is 46.7 Å². The van der Waals surface area contributed by atoms with Crippen LogP contribution < -0.4 is 10.6 Å². The van der Waals surface area contributed by atoms with Crippen LogP contribution in [0.5, 0.6) is 0 Å². The smallest absolute Gasteiger partial charge is 0.319 e. The van der Waals surface area contributed by atoms with Gasteiger partial charge in [-0.25, -0.2) is 4.79 Å². The predicted molar refractivity (Wildman–Crippen MR) is 99.8 cm³/mol. The van der Waals surface area contributed by atoms with Gasteiger partial charge in [-0.2, -0.15) is 0 Å². The molecule has 1 aliphatic heterocycles. The molecule has 0 radical (unpaired) electrons. The van der Waals surface area contributed by atoms with E-state index < -0.39 is 0 Å². The highest BCUT2D eigenvalue weighted by molar-refractivity contribution is 5.89. The van der Waals surface area contributed by atoms with E-state index in [1.54, 1.807) is 0 Å². The van der Waals surface area contributed by atoms with Gasteiger partial charge in [-0.05, 0) is 24.6 Å². The summed E-state index contributed by atoms with van der Waals surface area (Å²) in [4.78, 5) is 14.8. The molecular weight excluding hydrogens is 314 g/mol. The maximum absolute atomic E-state index is 12.4. The fourth-order valence-corrected chi connectivity index (χ4v) is 2.92. The number of nitrogens with zero attached hydrogens (tertiary/aromatic N) is 1. The number of anilines is 1. The van der Waals surface area contributed by atoms with Crippen molar-refractivity contribution >= 4 is 11.7 Å². The molecule has 1 atom stereocenters. The lowest BCUT2D eigenvalue weighted by atomic mass is 10.0. The third kappa shape index (κ3) is 5.31. The van der Waals surface area contributed by atoms with Crippen LogP contribution in [0.25, 0.3) is 0 Å². The number of hydrogen-bond donors (Lipinski definition) is 2. The summed E-state index contributed by atoms with van der Waals surface area (Å²) < 4.78 is 5.42. The van der Waals surface area contributed by atoms with Crippen LogP contribution in [-0.4, -0.2) is 43.8 Å². The molecule has 5 heteroatoms. The summed E-state index contributed by atoms with van der Waals surface area (Å²) in [5.74, 6) is 0. The van der Waals surface area contributed by atoms with Gasteiger partial charge in [0.1, 0.15) is 0 Å². The fraction of sp³-hybridized carbons (Fsp3) is 0.350. The molecule has 1 saturated heterocycles. The summed E-state index contributed by atoms with van der Waals surface area (Å²) in [5.41, 5.74) is 3.11. The maximum Gasteiger partial charge on any atom is 0.319 e. The highest BCUT2D eigenvalue weighted by Crippen LogP contribution is 2.17. The number of para-hydroxylation sites is 1. The van der Waals surface area contributed by atoms with Crippen molar-refractivity contribution in [3.05, 3.63) is 65.7 Å². The van der Waals surface area contributed by atoms with Gasteiger partial charge in [-0.1, -0.05) is 48.0 Å². The van der Waals surface area contributed by atoms with Gasteiger partial charge in [0.15, 0.2) is 0 Å². The van der Waals surface area contributed by atoms with E-state index in [9.17, 15) is 4.79 Å². The van der Waals surface area contributed by atoms with Crippen molar-refractivity contribution < 1.29 is 9.53 Å². The number of urea groups is 1. The van der Waals surface area contributed by atoms with Crippen LogP contribution in [0, 0.1) is 6.92 Å². The molecule has 2 aromatic rings. The number of rotatable bonds is 5. The summed E-state index contributed by atoms with van der Waals surface area (Å²) in [5, 5.41) is 6.01. The van der Waals surface area contributed by atoms with Gasteiger partial charge < -0.3 is 15.4 Å². The molecule has 1 aliphatic rings. The van der Waals surface area contributed by atoms with Gasteiger partial charge in [0.25, 0.3) is 0 Å². The molecule has 0 saturated carbocycles. The van der Waals surface area contributed by atoms with Crippen LogP contribution in [0.2, 0.25) is 0 Å². The molecule has 2 amide bonds.